The van der Waals surface area contributed by atoms with Gasteiger partial charge in [-0.1, -0.05) is 32.0 Å². The van der Waals surface area contributed by atoms with E-state index in [1.54, 1.807) is 0 Å². The minimum Gasteiger partial charge on any atom is -0.369 e. The van der Waals surface area contributed by atoms with E-state index >= 15 is 0 Å². The molecule has 1 aliphatic rings. The van der Waals surface area contributed by atoms with E-state index < -0.39 is 0 Å². The van der Waals surface area contributed by atoms with E-state index in [1.807, 2.05) is 0 Å². The summed E-state index contributed by atoms with van der Waals surface area (Å²) in [6.45, 7) is 6.07. The normalized spacial score (nSPS) is 17.2. The lowest BCUT2D eigenvalue weighted by molar-refractivity contribution is 0.568. The van der Waals surface area contributed by atoms with Crippen LogP contribution in [-0.4, -0.2) is 32.1 Å². The quantitative estimate of drug-likeness (QED) is 0.570. The highest BCUT2D eigenvalue weighted by atomic mass is 15.2. The van der Waals surface area contributed by atoms with E-state index in [1.165, 1.54) is 11.3 Å². The van der Waals surface area contributed by atoms with Crippen LogP contribution in [0.4, 0.5) is 5.69 Å². The van der Waals surface area contributed by atoms with Gasteiger partial charge in [0.15, 0.2) is 5.96 Å². The van der Waals surface area contributed by atoms with Gasteiger partial charge in [-0.25, -0.2) is 0 Å². The van der Waals surface area contributed by atoms with Crippen LogP contribution in [0.1, 0.15) is 25.8 Å². The van der Waals surface area contributed by atoms with Gasteiger partial charge in [0.25, 0.3) is 0 Å². The Kier molecular flexibility index (Phi) is 4.88. The molecule has 20 heavy (non-hydrogen) atoms. The number of guanidine groups is 1. The van der Waals surface area contributed by atoms with E-state index in [2.05, 4.69) is 60.7 Å². The first-order valence-corrected chi connectivity index (χ1v) is 7.45. The Morgan fingerprint density at radius 3 is 2.80 bits per heavy atom. The average Bonchev–Trinajstić information content (AvgIpc) is 2.73. The molecular formula is C16H26N4. The first-order valence-electron chi connectivity index (χ1n) is 7.45. The molecule has 3 N–H and O–H groups in total. The number of para-hydroxylation sites is 1. The molecule has 0 spiro atoms. The van der Waals surface area contributed by atoms with Gasteiger partial charge in [0.2, 0.25) is 0 Å². The molecule has 0 aromatic heterocycles. The van der Waals surface area contributed by atoms with Gasteiger partial charge < -0.3 is 15.5 Å². The highest BCUT2D eigenvalue weighted by molar-refractivity contribution is 5.76. The number of benzene rings is 1. The lowest BCUT2D eigenvalue weighted by Gasteiger charge is -2.23. The molecular weight excluding hydrogens is 248 g/mol. The Balaban J connectivity index is 1.75. The lowest BCUT2D eigenvalue weighted by Crippen LogP contribution is -2.45. The predicted molar refractivity (Wildman–Crippen MR) is 85.5 cm³/mol. The number of rotatable bonds is 5. The molecule has 1 unspecified atom stereocenters. The summed E-state index contributed by atoms with van der Waals surface area (Å²) in [6, 6.07) is 8.97. The van der Waals surface area contributed by atoms with Crippen LogP contribution in [0.25, 0.3) is 0 Å². The minimum absolute atomic E-state index is 0.430. The van der Waals surface area contributed by atoms with Crippen molar-refractivity contribution >= 4 is 11.6 Å². The lowest BCUT2D eigenvalue weighted by atomic mass is 10.1. The summed E-state index contributed by atoms with van der Waals surface area (Å²) in [5.41, 5.74) is 2.72. The third kappa shape index (κ3) is 3.65. The smallest absolute Gasteiger partial charge is 0.188 e. The highest BCUT2D eigenvalue weighted by Gasteiger charge is 2.25. The van der Waals surface area contributed by atoms with E-state index in [4.69, 9.17) is 5.41 Å². The molecule has 1 aliphatic heterocycles. The van der Waals surface area contributed by atoms with Gasteiger partial charge >= 0.3 is 0 Å². The number of hydrogen-bond donors (Lipinski definition) is 3. The number of nitrogens with zero attached hydrogens (tertiary/aromatic N) is 1. The Labute approximate surface area is 122 Å². The second-order valence-electron chi connectivity index (χ2n) is 5.96. The maximum atomic E-state index is 7.88. The molecule has 1 aromatic carbocycles. The van der Waals surface area contributed by atoms with Crippen molar-refractivity contribution in [2.45, 2.75) is 32.7 Å². The zero-order valence-corrected chi connectivity index (χ0v) is 12.7. The van der Waals surface area contributed by atoms with Gasteiger partial charge in [-0.2, -0.15) is 0 Å². The van der Waals surface area contributed by atoms with Gasteiger partial charge in [0.05, 0.1) is 6.04 Å². The minimum atomic E-state index is 0.430. The van der Waals surface area contributed by atoms with Crippen LogP contribution in [-0.2, 0) is 6.42 Å². The Morgan fingerprint density at radius 1 is 1.35 bits per heavy atom. The maximum Gasteiger partial charge on any atom is 0.188 e. The number of fused-ring (bicyclic) bond motifs is 1. The van der Waals surface area contributed by atoms with Crippen LogP contribution in [0.3, 0.4) is 0 Å². The van der Waals surface area contributed by atoms with Gasteiger partial charge in [-0.05, 0) is 30.4 Å². The third-order valence-corrected chi connectivity index (χ3v) is 3.91. The molecule has 0 aliphatic carbocycles. The number of hydrogen-bond acceptors (Lipinski definition) is 2. The van der Waals surface area contributed by atoms with Crippen LogP contribution in [0.15, 0.2) is 24.3 Å². The number of anilines is 1. The van der Waals surface area contributed by atoms with Crippen LogP contribution in [0, 0.1) is 11.3 Å². The van der Waals surface area contributed by atoms with Crippen molar-refractivity contribution in [1.82, 2.24) is 10.6 Å². The molecule has 1 heterocycles. The van der Waals surface area contributed by atoms with Crippen molar-refractivity contribution in [3.63, 3.8) is 0 Å². The first kappa shape index (κ1) is 14.7. The summed E-state index contributed by atoms with van der Waals surface area (Å²) < 4.78 is 0. The van der Waals surface area contributed by atoms with Gasteiger partial charge in [-0.3, -0.25) is 5.41 Å². The monoisotopic (exact) mass is 274 g/mol. The Hall–Kier alpha value is -1.71. The largest absolute Gasteiger partial charge is 0.369 e. The van der Waals surface area contributed by atoms with E-state index in [-0.39, 0.29) is 0 Å². The van der Waals surface area contributed by atoms with Crippen molar-refractivity contribution in [2.75, 3.05) is 25.0 Å². The van der Waals surface area contributed by atoms with Gasteiger partial charge in [0, 0.05) is 25.8 Å². The molecule has 1 atom stereocenters. The van der Waals surface area contributed by atoms with Crippen LogP contribution < -0.4 is 15.5 Å². The van der Waals surface area contributed by atoms with Crippen LogP contribution in [0.2, 0.25) is 0 Å². The molecule has 2 rings (SSSR count). The molecule has 0 saturated heterocycles. The molecule has 1 aromatic rings. The molecule has 110 valence electrons. The van der Waals surface area contributed by atoms with E-state index in [9.17, 15) is 0 Å². The molecule has 0 amide bonds. The van der Waals surface area contributed by atoms with E-state index in [0.717, 1.165) is 25.9 Å². The second kappa shape index (κ2) is 6.64. The zero-order chi connectivity index (χ0) is 14.5. The molecule has 0 saturated carbocycles. The predicted octanol–water partition coefficient (Wildman–Crippen LogP) is 2.21. The van der Waals surface area contributed by atoms with Crippen molar-refractivity contribution in [3.8, 4) is 0 Å². The van der Waals surface area contributed by atoms with E-state index in [0.29, 0.717) is 17.9 Å². The second-order valence-corrected chi connectivity index (χ2v) is 5.96. The molecule has 0 bridgehead atoms. The zero-order valence-electron chi connectivity index (χ0n) is 12.7. The highest BCUT2D eigenvalue weighted by Crippen LogP contribution is 2.29. The summed E-state index contributed by atoms with van der Waals surface area (Å²) in [6.07, 6.45) is 2.15. The first-order chi connectivity index (χ1) is 9.58. The van der Waals surface area contributed by atoms with Gasteiger partial charge in [-0.15, -0.1) is 0 Å². The molecule has 0 fully saturated rings. The topological polar surface area (TPSA) is 51.2 Å². The van der Waals surface area contributed by atoms with Crippen LogP contribution in [0.5, 0.6) is 0 Å². The average molecular weight is 274 g/mol. The fourth-order valence-electron chi connectivity index (χ4n) is 2.59. The standard InChI is InChI=1S/C16H26N4/c1-12(2)8-9-18-16(17)19-11-14-10-13-6-4-5-7-15(13)20(14)3/h4-7,12,14H,8-11H2,1-3H3,(H3,17,18,19). The summed E-state index contributed by atoms with van der Waals surface area (Å²) in [5, 5.41) is 14.2. The van der Waals surface area contributed by atoms with Gasteiger partial charge in [0.1, 0.15) is 0 Å². The SMILES string of the molecule is CC(C)CCNC(=N)NCC1Cc2ccccc2N1C. The Bertz CT molecular complexity index is 456. The molecule has 4 nitrogen and oxygen atoms in total. The van der Waals surface area contributed by atoms with Crippen molar-refractivity contribution < 1.29 is 0 Å². The molecule has 0 radical (unpaired) electrons. The van der Waals surface area contributed by atoms with Crippen LogP contribution >= 0.6 is 0 Å². The summed E-state index contributed by atoms with van der Waals surface area (Å²) in [5.74, 6) is 1.11. The molecule has 4 heteroatoms. The number of nitrogens with one attached hydrogen (secondary N) is 3. The van der Waals surface area contributed by atoms with Crippen molar-refractivity contribution in [2.24, 2.45) is 5.92 Å². The Morgan fingerprint density at radius 2 is 2.10 bits per heavy atom. The maximum absolute atomic E-state index is 7.88. The fourth-order valence-corrected chi connectivity index (χ4v) is 2.59. The number of likely N-dealkylation sites (N-methyl/N-ethyl adjacent to an activating group) is 1. The summed E-state index contributed by atoms with van der Waals surface area (Å²) in [7, 11) is 2.13. The fraction of sp³-hybridized carbons (Fsp3) is 0.562. The third-order valence-electron chi connectivity index (χ3n) is 3.91. The summed E-state index contributed by atoms with van der Waals surface area (Å²) >= 11 is 0. The summed E-state index contributed by atoms with van der Waals surface area (Å²) in [4.78, 5) is 2.31. The van der Waals surface area contributed by atoms with Crippen molar-refractivity contribution in [1.29, 1.82) is 5.41 Å². The van der Waals surface area contributed by atoms with Crippen molar-refractivity contribution in [3.05, 3.63) is 29.8 Å².